The highest BCUT2D eigenvalue weighted by molar-refractivity contribution is 5.91. The number of ether oxygens (including phenoxy) is 1. The number of aliphatic carboxylic acids is 1. The normalized spacial score (nSPS) is 19.2. The molecule has 1 saturated heterocycles. The monoisotopic (exact) mass is 486 g/mol. The molecule has 2 aliphatic carbocycles. The van der Waals surface area contributed by atoms with Gasteiger partial charge in [0.15, 0.2) is 0 Å². The average molecular weight is 487 g/mol. The maximum atomic E-state index is 12.6. The molecule has 194 valence electrons. The second kappa shape index (κ2) is 13.5. The van der Waals surface area contributed by atoms with Crippen LogP contribution in [0.15, 0.2) is 22.9 Å². The molecule has 35 heavy (non-hydrogen) atoms. The Morgan fingerprint density at radius 1 is 1.17 bits per heavy atom. The number of allylic oxidation sites excluding steroid dienone is 2. The topological polar surface area (TPSA) is 87.2 Å². The van der Waals surface area contributed by atoms with Gasteiger partial charge in [-0.15, -0.1) is 0 Å². The fourth-order valence-corrected chi connectivity index (χ4v) is 4.45. The van der Waals surface area contributed by atoms with E-state index in [1.54, 1.807) is 18.1 Å². The van der Waals surface area contributed by atoms with E-state index in [4.69, 9.17) is 4.74 Å². The molecule has 3 rings (SSSR count). The lowest BCUT2D eigenvalue weighted by Gasteiger charge is -2.32. The Labute approximate surface area is 210 Å². The second-order valence-corrected chi connectivity index (χ2v) is 10.8. The minimum atomic E-state index is -1.11. The molecule has 0 aromatic rings. The van der Waals surface area contributed by atoms with Gasteiger partial charge >= 0.3 is 5.97 Å². The number of hydrogen-bond donors (Lipinski definition) is 1. The highest BCUT2D eigenvalue weighted by atomic mass is 16.5. The molecule has 1 heterocycles. The first-order chi connectivity index (χ1) is 16.5. The van der Waals surface area contributed by atoms with Gasteiger partial charge in [0.25, 0.3) is 0 Å². The predicted octanol–water partition coefficient (Wildman–Crippen LogP) is 4.39. The summed E-state index contributed by atoms with van der Waals surface area (Å²) in [5, 5.41) is 9.52. The molecule has 3 aliphatic rings. The van der Waals surface area contributed by atoms with Gasteiger partial charge in [-0.25, -0.2) is 4.79 Å². The summed E-state index contributed by atoms with van der Waals surface area (Å²) in [5.41, 5.74) is 0.723. The Balaban J connectivity index is 0.000000527. The van der Waals surface area contributed by atoms with Crippen LogP contribution in [0.2, 0.25) is 0 Å². The number of carboxylic acid groups (broad SMARTS) is 1. The first-order valence-electron chi connectivity index (χ1n) is 12.8. The lowest BCUT2D eigenvalue weighted by molar-refractivity contribution is -0.137. The SMILES string of the molecule is CC1CCCCC1.COC1CCN(C(=O)CN(C=O)C2=C(C(=O)O)CC(C#CC(C)(C)C)=C2)CC1. The van der Waals surface area contributed by atoms with Crippen molar-refractivity contribution >= 4 is 18.3 Å². The molecule has 1 aliphatic heterocycles. The van der Waals surface area contributed by atoms with E-state index in [2.05, 4.69) is 18.8 Å². The molecule has 1 N–H and O–H groups in total. The van der Waals surface area contributed by atoms with Crippen LogP contribution in [0.25, 0.3) is 0 Å². The van der Waals surface area contributed by atoms with Crippen molar-refractivity contribution in [2.24, 2.45) is 11.3 Å². The standard InChI is InChI=1S/C21H28N2O5.C7H14/c1-21(2,3)8-5-15-11-17(20(26)27)18(12-15)23(14-24)13-19(25)22-9-6-16(28-4)7-10-22;1-7-5-3-2-4-6-7/h12,14,16H,6-7,9-11,13H2,1-4H3,(H,26,27);7H,2-6H2,1H3. The van der Waals surface area contributed by atoms with Crippen molar-refractivity contribution < 1.29 is 24.2 Å². The van der Waals surface area contributed by atoms with E-state index in [0.717, 1.165) is 18.8 Å². The first-order valence-corrected chi connectivity index (χ1v) is 12.8. The zero-order chi connectivity index (χ0) is 26.0. The molecule has 7 heteroatoms. The molecular weight excluding hydrogens is 444 g/mol. The van der Waals surface area contributed by atoms with E-state index in [0.29, 0.717) is 25.1 Å². The van der Waals surface area contributed by atoms with Crippen LogP contribution in [0, 0.1) is 23.2 Å². The van der Waals surface area contributed by atoms with Crippen LogP contribution in [0.4, 0.5) is 0 Å². The quantitative estimate of drug-likeness (QED) is 0.445. The van der Waals surface area contributed by atoms with Crippen LogP contribution in [0.1, 0.15) is 79.1 Å². The summed E-state index contributed by atoms with van der Waals surface area (Å²) in [6.45, 7) is 9.18. The number of likely N-dealkylation sites (tertiary alicyclic amines) is 1. The Morgan fingerprint density at radius 2 is 1.80 bits per heavy atom. The number of amides is 2. The van der Waals surface area contributed by atoms with E-state index >= 15 is 0 Å². The zero-order valence-electron chi connectivity index (χ0n) is 22.1. The molecule has 0 unspecified atom stereocenters. The fourth-order valence-electron chi connectivity index (χ4n) is 4.45. The van der Waals surface area contributed by atoms with Crippen LogP contribution in [-0.2, 0) is 19.1 Å². The molecule has 0 radical (unpaired) electrons. The highest BCUT2D eigenvalue weighted by Gasteiger charge is 2.28. The first kappa shape index (κ1) is 28.6. The van der Waals surface area contributed by atoms with E-state index in [9.17, 15) is 19.5 Å². The van der Waals surface area contributed by atoms with Crippen molar-refractivity contribution in [2.75, 3.05) is 26.7 Å². The fraction of sp³-hybridized carbons (Fsp3) is 0.679. The third-order valence-electron chi connectivity index (χ3n) is 6.61. The van der Waals surface area contributed by atoms with Crippen molar-refractivity contribution in [3.05, 3.63) is 22.9 Å². The van der Waals surface area contributed by atoms with E-state index < -0.39 is 5.97 Å². The number of nitrogens with zero attached hydrogens (tertiary/aromatic N) is 2. The van der Waals surface area contributed by atoms with Gasteiger partial charge in [0.05, 0.1) is 17.4 Å². The number of carbonyl (C=O) groups excluding carboxylic acids is 2. The van der Waals surface area contributed by atoms with Gasteiger partial charge in [-0.1, -0.05) is 50.9 Å². The minimum Gasteiger partial charge on any atom is -0.478 e. The molecule has 2 fully saturated rings. The molecule has 7 nitrogen and oxygen atoms in total. The van der Waals surface area contributed by atoms with Crippen LogP contribution in [0.5, 0.6) is 0 Å². The van der Waals surface area contributed by atoms with Crippen LogP contribution in [0.3, 0.4) is 0 Å². The van der Waals surface area contributed by atoms with Crippen LogP contribution in [-0.4, -0.2) is 66.0 Å². The molecule has 0 aromatic heterocycles. The van der Waals surface area contributed by atoms with Crippen molar-refractivity contribution in [1.29, 1.82) is 0 Å². The second-order valence-electron chi connectivity index (χ2n) is 10.8. The zero-order valence-corrected chi connectivity index (χ0v) is 22.1. The maximum absolute atomic E-state index is 12.6. The number of carbonyl (C=O) groups is 3. The summed E-state index contributed by atoms with van der Waals surface area (Å²) in [6, 6.07) is 0. The van der Waals surface area contributed by atoms with Crippen molar-refractivity contribution in [2.45, 2.75) is 85.2 Å². The van der Waals surface area contributed by atoms with Gasteiger partial charge in [0, 0.05) is 37.6 Å². The van der Waals surface area contributed by atoms with Crippen LogP contribution < -0.4 is 0 Å². The molecule has 1 saturated carbocycles. The molecular formula is C28H42N2O5. The third kappa shape index (κ3) is 9.52. The number of methoxy groups -OCH3 is 1. The molecule has 0 bridgehead atoms. The van der Waals surface area contributed by atoms with Gasteiger partial charge in [0.2, 0.25) is 12.3 Å². The van der Waals surface area contributed by atoms with E-state index in [1.165, 1.54) is 37.0 Å². The Kier molecular flexibility index (Phi) is 11.0. The molecule has 0 spiro atoms. The lowest BCUT2D eigenvalue weighted by Crippen LogP contribution is -2.45. The number of carboxylic acids is 1. The van der Waals surface area contributed by atoms with E-state index in [-0.39, 0.29) is 41.7 Å². The van der Waals surface area contributed by atoms with Gasteiger partial charge in [-0.05, 0) is 45.6 Å². The Bertz CT molecular complexity index is 873. The summed E-state index contributed by atoms with van der Waals surface area (Å²) in [4.78, 5) is 38.7. The number of piperidine rings is 1. The summed E-state index contributed by atoms with van der Waals surface area (Å²) < 4.78 is 5.30. The summed E-state index contributed by atoms with van der Waals surface area (Å²) >= 11 is 0. The van der Waals surface area contributed by atoms with Crippen molar-refractivity contribution in [3.8, 4) is 11.8 Å². The summed E-state index contributed by atoms with van der Waals surface area (Å²) in [7, 11) is 1.66. The maximum Gasteiger partial charge on any atom is 0.334 e. The molecule has 2 amide bonds. The average Bonchev–Trinajstić information content (AvgIpc) is 3.26. The summed E-state index contributed by atoms with van der Waals surface area (Å²) in [6.07, 6.45) is 11.3. The van der Waals surface area contributed by atoms with Gasteiger partial charge in [-0.2, -0.15) is 0 Å². The molecule has 0 aromatic carbocycles. The number of rotatable bonds is 6. The Morgan fingerprint density at radius 3 is 2.26 bits per heavy atom. The molecule has 0 atom stereocenters. The van der Waals surface area contributed by atoms with Crippen LogP contribution >= 0.6 is 0 Å². The van der Waals surface area contributed by atoms with Gasteiger partial charge in [0.1, 0.15) is 6.54 Å². The van der Waals surface area contributed by atoms with Crippen molar-refractivity contribution in [1.82, 2.24) is 9.80 Å². The Hall–Kier alpha value is -2.59. The minimum absolute atomic E-state index is 0.0798. The third-order valence-corrected chi connectivity index (χ3v) is 6.61. The smallest absolute Gasteiger partial charge is 0.334 e. The largest absolute Gasteiger partial charge is 0.478 e. The van der Waals surface area contributed by atoms with Gasteiger partial charge in [-0.3, -0.25) is 9.59 Å². The number of hydrogen-bond acceptors (Lipinski definition) is 4. The van der Waals surface area contributed by atoms with Crippen molar-refractivity contribution in [3.63, 3.8) is 0 Å². The van der Waals surface area contributed by atoms with E-state index in [1.807, 2.05) is 20.8 Å². The summed E-state index contributed by atoms with van der Waals surface area (Å²) in [5.74, 6) is 5.79. The highest BCUT2D eigenvalue weighted by Crippen LogP contribution is 2.28. The van der Waals surface area contributed by atoms with Gasteiger partial charge < -0.3 is 19.6 Å². The predicted molar refractivity (Wildman–Crippen MR) is 136 cm³/mol. The lowest BCUT2D eigenvalue weighted by atomic mass is 9.91.